The quantitative estimate of drug-likeness (QED) is 0.825. The molecule has 2 bridgehead atoms. The molecular formula is C15H9BrN2O4. The van der Waals surface area contributed by atoms with Crippen LogP contribution in [0.2, 0.25) is 0 Å². The van der Waals surface area contributed by atoms with Crippen LogP contribution in [-0.2, 0) is 14.3 Å². The van der Waals surface area contributed by atoms with Gasteiger partial charge in [0, 0.05) is 15.8 Å². The molecule has 22 heavy (non-hydrogen) atoms. The molecule has 2 aromatic rings. The summed E-state index contributed by atoms with van der Waals surface area (Å²) in [5.41, 5.74) is 0.650. The molecule has 2 aromatic carbocycles. The number of hydrogen-bond donors (Lipinski definition) is 1. The summed E-state index contributed by atoms with van der Waals surface area (Å²) in [6, 6.07) is 6.79. The molecular weight excluding hydrogens is 352 g/mol. The maximum atomic E-state index is 12.3. The number of cyclic esters (lactones) is 1. The van der Waals surface area contributed by atoms with Gasteiger partial charge in [0.1, 0.15) is 6.61 Å². The Morgan fingerprint density at radius 1 is 1.18 bits per heavy atom. The van der Waals surface area contributed by atoms with Crippen LogP contribution in [0.1, 0.15) is 0 Å². The second-order valence-electron chi connectivity index (χ2n) is 5.14. The Kier molecular flexibility index (Phi) is 2.74. The smallest absolute Gasteiger partial charge is 0.413 e. The Bertz CT molecular complexity index is 908. The van der Waals surface area contributed by atoms with Crippen LogP contribution in [0.3, 0.4) is 0 Å². The second-order valence-corrected chi connectivity index (χ2v) is 5.99. The Morgan fingerprint density at radius 2 is 2.00 bits per heavy atom. The van der Waals surface area contributed by atoms with Crippen molar-refractivity contribution < 1.29 is 19.1 Å². The van der Waals surface area contributed by atoms with Gasteiger partial charge in [0.25, 0.3) is 11.8 Å². The summed E-state index contributed by atoms with van der Waals surface area (Å²) in [7, 11) is 0. The van der Waals surface area contributed by atoms with Gasteiger partial charge in [0.05, 0.1) is 5.69 Å². The third kappa shape index (κ3) is 1.82. The van der Waals surface area contributed by atoms with E-state index in [-0.39, 0.29) is 12.5 Å². The Morgan fingerprint density at radius 3 is 2.77 bits per heavy atom. The minimum Gasteiger partial charge on any atom is -0.446 e. The van der Waals surface area contributed by atoms with Gasteiger partial charge < -0.3 is 4.74 Å². The number of anilines is 1. The lowest BCUT2D eigenvalue weighted by molar-refractivity contribution is -0.127. The summed E-state index contributed by atoms with van der Waals surface area (Å²) in [6.07, 6.45) is 0.716. The monoisotopic (exact) mass is 360 g/mol. The van der Waals surface area contributed by atoms with E-state index in [9.17, 15) is 14.4 Å². The van der Waals surface area contributed by atoms with Crippen LogP contribution in [-0.4, -0.2) is 30.6 Å². The standard InChI is InChI=1S/C15H9BrN2O4/c16-10-2-1-7-3-8(10)4-11-9(7)5-13(19)18(11)12-6-22-15(21)17-14(12)20/h1-5,12H,6H2,(H,17,20,21). The molecule has 7 heteroatoms. The Balaban J connectivity index is 1.86. The molecule has 2 aliphatic heterocycles. The van der Waals surface area contributed by atoms with Crippen molar-refractivity contribution in [3.63, 3.8) is 0 Å². The lowest BCUT2D eigenvalue weighted by Gasteiger charge is -2.30. The number of nitrogens with zero attached hydrogens (tertiary/aromatic N) is 1. The fourth-order valence-corrected chi connectivity index (χ4v) is 3.19. The molecule has 1 atom stereocenters. The van der Waals surface area contributed by atoms with Gasteiger partial charge in [-0.1, -0.05) is 22.0 Å². The van der Waals surface area contributed by atoms with Gasteiger partial charge in [0.15, 0.2) is 6.04 Å². The largest absolute Gasteiger partial charge is 0.446 e. The van der Waals surface area contributed by atoms with E-state index in [1.807, 2.05) is 24.3 Å². The van der Waals surface area contributed by atoms with Crippen molar-refractivity contribution in [3.8, 4) is 0 Å². The van der Waals surface area contributed by atoms with Crippen molar-refractivity contribution >= 4 is 56.4 Å². The number of halogens is 1. The molecule has 110 valence electrons. The Labute approximate surface area is 132 Å². The predicted molar refractivity (Wildman–Crippen MR) is 82.1 cm³/mol. The molecule has 3 amide bonds. The van der Waals surface area contributed by atoms with Crippen LogP contribution >= 0.6 is 15.9 Å². The highest BCUT2D eigenvalue weighted by Crippen LogP contribution is 2.28. The third-order valence-corrected chi connectivity index (χ3v) is 4.57. The maximum absolute atomic E-state index is 12.3. The number of amides is 3. The third-order valence-electron chi connectivity index (χ3n) is 3.85. The molecule has 0 spiro atoms. The fraction of sp³-hybridized carbons (Fsp3) is 0.133. The highest BCUT2D eigenvalue weighted by Gasteiger charge is 2.38. The van der Waals surface area contributed by atoms with Crippen LogP contribution in [0.5, 0.6) is 0 Å². The van der Waals surface area contributed by atoms with Crippen molar-refractivity contribution in [3.05, 3.63) is 34.0 Å². The lowest BCUT2D eigenvalue weighted by Crippen LogP contribution is -2.56. The number of rotatable bonds is 1. The summed E-state index contributed by atoms with van der Waals surface area (Å²) < 4.78 is 5.76. The first-order valence-corrected chi connectivity index (χ1v) is 7.38. The van der Waals surface area contributed by atoms with Crippen LogP contribution in [0.15, 0.2) is 28.7 Å². The van der Waals surface area contributed by atoms with Crippen molar-refractivity contribution in [1.29, 1.82) is 0 Å². The number of benzene rings is 2. The van der Waals surface area contributed by atoms with Gasteiger partial charge in [0.2, 0.25) is 0 Å². The van der Waals surface area contributed by atoms with Crippen LogP contribution in [0, 0.1) is 0 Å². The highest BCUT2D eigenvalue weighted by atomic mass is 79.9. The lowest BCUT2D eigenvalue weighted by atomic mass is 10.1. The van der Waals surface area contributed by atoms with Crippen molar-refractivity contribution in [2.45, 2.75) is 6.04 Å². The number of hydrogen-bond acceptors (Lipinski definition) is 4. The number of imide groups is 1. The molecule has 0 saturated carbocycles. The molecule has 0 aliphatic carbocycles. The number of carbonyl (C=O) groups is 3. The van der Waals surface area contributed by atoms with Crippen LogP contribution in [0.4, 0.5) is 10.5 Å². The molecule has 2 aliphatic rings. The summed E-state index contributed by atoms with van der Waals surface area (Å²) in [4.78, 5) is 36.8. The van der Waals surface area contributed by atoms with E-state index in [2.05, 4.69) is 21.2 Å². The number of carbonyl (C=O) groups excluding carboxylic acids is 3. The maximum Gasteiger partial charge on any atom is 0.413 e. The molecule has 1 saturated heterocycles. The minimum atomic E-state index is -0.854. The van der Waals surface area contributed by atoms with Gasteiger partial charge in [-0.05, 0) is 29.0 Å². The summed E-state index contributed by atoms with van der Waals surface area (Å²) in [5, 5.41) is 4.70. The zero-order chi connectivity index (χ0) is 15.4. The van der Waals surface area contributed by atoms with Gasteiger partial charge >= 0.3 is 6.09 Å². The fourth-order valence-electron chi connectivity index (χ4n) is 2.83. The number of ether oxygens (including phenoxy) is 1. The zero-order valence-corrected chi connectivity index (χ0v) is 12.7. The molecule has 0 aromatic heterocycles. The minimum absolute atomic E-state index is 0.149. The van der Waals surface area contributed by atoms with E-state index in [1.165, 1.54) is 11.0 Å². The second kappa shape index (κ2) is 4.54. The van der Waals surface area contributed by atoms with Crippen molar-refractivity contribution in [1.82, 2.24) is 5.32 Å². The molecule has 1 fully saturated rings. The predicted octanol–water partition coefficient (Wildman–Crippen LogP) is 1.08. The zero-order valence-electron chi connectivity index (χ0n) is 11.1. The molecule has 1 N–H and O–H groups in total. The van der Waals surface area contributed by atoms with E-state index in [4.69, 9.17) is 4.74 Å². The number of fused-ring (bicyclic) bond motifs is 4. The van der Waals surface area contributed by atoms with Gasteiger partial charge in [-0.15, -0.1) is 0 Å². The summed E-state index contributed by atoms with van der Waals surface area (Å²) in [5.74, 6) is -0.827. The van der Waals surface area contributed by atoms with Crippen LogP contribution in [0.25, 0.3) is 16.8 Å². The van der Waals surface area contributed by atoms with Gasteiger partial charge in [-0.25, -0.2) is 4.79 Å². The van der Waals surface area contributed by atoms with Gasteiger partial charge in [-0.3, -0.25) is 19.8 Å². The first-order chi connectivity index (χ1) is 10.5. The Hall–Kier alpha value is -2.41. The molecule has 2 heterocycles. The van der Waals surface area contributed by atoms with E-state index in [0.717, 1.165) is 20.5 Å². The first-order valence-electron chi connectivity index (χ1n) is 6.59. The SMILES string of the molecule is O=C1NC(=O)C(N2C(=O)C=c3c2cc2cc3ccc2Br)CO1. The number of nitrogens with one attached hydrogen (secondary N) is 1. The first kappa shape index (κ1) is 13.3. The van der Waals surface area contributed by atoms with Crippen molar-refractivity contribution in [2.75, 3.05) is 11.5 Å². The highest BCUT2D eigenvalue weighted by molar-refractivity contribution is 9.10. The van der Waals surface area contributed by atoms with E-state index < -0.39 is 18.0 Å². The van der Waals surface area contributed by atoms with E-state index >= 15 is 0 Å². The van der Waals surface area contributed by atoms with Crippen LogP contribution < -0.4 is 15.4 Å². The topological polar surface area (TPSA) is 75.7 Å². The molecule has 1 unspecified atom stereocenters. The van der Waals surface area contributed by atoms with Crippen molar-refractivity contribution in [2.24, 2.45) is 0 Å². The molecule has 4 rings (SSSR count). The molecule has 0 radical (unpaired) electrons. The normalized spacial score (nSPS) is 20.7. The average molecular weight is 361 g/mol. The van der Waals surface area contributed by atoms with E-state index in [0.29, 0.717) is 5.69 Å². The average Bonchev–Trinajstić information content (AvgIpc) is 2.80. The number of alkyl carbamates (subject to hydrolysis) is 1. The van der Waals surface area contributed by atoms with Gasteiger partial charge in [-0.2, -0.15) is 0 Å². The van der Waals surface area contributed by atoms with E-state index in [1.54, 1.807) is 0 Å². The summed E-state index contributed by atoms with van der Waals surface area (Å²) >= 11 is 3.46. The summed E-state index contributed by atoms with van der Waals surface area (Å²) in [6.45, 7) is -0.149. The molecule has 6 nitrogen and oxygen atoms in total.